The average molecular weight is 399 g/mol. The van der Waals surface area contributed by atoms with Crippen molar-refractivity contribution < 1.29 is 5.11 Å². The molecule has 30 heavy (non-hydrogen) atoms. The highest BCUT2D eigenvalue weighted by molar-refractivity contribution is 5.88. The molecule has 0 radical (unpaired) electrons. The van der Waals surface area contributed by atoms with Crippen LogP contribution in [0.3, 0.4) is 0 Å². The molecule has 1 heterocycles. The lowest BCUT2D eigenvalue weighted by atomic mass is 9.95. The summed E-state index contributed by atoms with van der Waals surface area (Å²) in [6, 6.07) is 21.2. The Balaban J connectivity index is 1.92. The minimum Gasteiger partial charge on any atom is -0.508 e. The molecule has 2 N–H and O–H groups in total. The number of fused-ring (bicyclic) bond motifs is 1. The number of phenols is 1. The number of H-pyrrole nitrogens is 1. The second kappa shape index (κ2) is 8.41. The summed E-state index contributed by atoms with van der Waals surface area (Å²) in [5.41, 5.74) is 2.62. The van der Waals surface area contributed by atoms with Gasteiger partial charge in [-0.25, -0.2) is 4.98 Å². The van der Waals surface area contributed by atoms with E-state index in [-0.39, 0.29) is 17.7 Å². The Morgan fingerprint density at radius 2 is 1.60 bits per heavy atom. The van der Waals surface area contributed by atoms with Crippen molar-refractivity contribution in [2.75, 3.05) is 18.0 Å². The smallest absolute Gasteiger partial charge is 0.256 e. The molecule has 0 saturated heterocycles. The summed E-state index contributed by atoms with van der Waals surface area (Å²) in [5.74, 6) is 0.745. The van der Waals surface area contributed by atoms with Crippen LogP contribution in [-0.4, -0.2) is 28.2 Å². The molecule has 0 aliphatic rings. The van der Waals surface area contributed by atoms with Gasteiger partial charge in [0.1, 0.15) is 5.75 Å². The zero-order valence-electron chi connectivity index (χ0n) is 17.2. The zero-order chi connectivity index (χ0) is 21.1. The molecule has 152 valence electrons. The molecule has 5 nitrogen and oxygen atoms in total. The van der Waals surface area contributed by atoms with Crippen molar-refractivity contribution in [2.24, 2.45) is 0 Å². The van der Waals surface area contributed by atoms with Gasteiger partial charge in [0.15, 0.2) is 0 Å². The zero-order valence-corrected chi connectivity index (χ0v) is 17.2. The molecular weight excluding hydrogens is 374 g/mol. The topological polar surface area (TPSA) is 69.2 Å². The van der Waals surface area contributed by atoms with Crippen LogP contribution in [0.2, 0.25) is 0 Å². The average Bonchev–Trinajstić information content (AvgIpc) is 2.78. The number of benzene rings is 3. The number of aromatic nitrogens is 2. The van der Waals surface area contributed by atoms with E-state index in [4.69, 9.17) is 4.98 Å². The molecule has 0 aliphatic carbocycles. The maximum atomic E-state index is 13.2. The SMILES string of the molecule is CCN(CC)c1nc(-c2ccccc2)c(Cc2c(O)ccc3ccccc23)c(=O)[nH]1. The second-order valence-electron chi connectivity index (χ2n) is 7.22. The van der Waals surface area contributed by atoms with Gasteiger partial charge >= 0.3 is 0 Å². The van der Waals surface area contributed by atoms with Gasteiger partial charge in [-0.05, 0) is 30.7 Å². The lowest BCUT2D eigenvalue weighted by Crippen LogP contribution is -2.28. The first-order valence-corrected chi connectivity index (χ1v) is 10.3. The molecular formula is C25H25N3O2. The van der Waals surface area contributed by atoms with E-state index in [1.54, 1.807) is 6.07 Å². The van der Waals surface area contributed by atoms with Gasteiger partial charge in [-0.2, -0.15) is 0 Å². The third-order valence-electron chi connectivity index (χ3n) is 5.48. The number of nitrogens with one attached hydrogen (secondary N) is 1. The van der Waals surface area contributed by atoms with E-state index in [0.717, 1.165) is 35.0 Å². The van der Waals surface area contributed by atoms with Crippen LogP contribution >= 0.6 is 0 Å². The number of hydrogen-bond acceptors (Lipinski definition) is 4. The van der Waals surface area contributed by atoms with E-state index in [1.165, 1.54) is 0 Å². The minimum absolute atomic E-state index is 0.180. The summed E-state index contributed by atoms with van der Waals surface area (Å²) in [7, 11) is 0. The first-order valence-electron chi connectivity index (χ1n) is 10.3. The molecule has 0 spiro atoms. The number of phenolic OH excluding ortho intramolecular Hbond substituents is 1. The fraction of sp³-hybridized carbons (Fsp3) is 0.200. The highest BCUT2D eigenvalue weighted by Gasteiger charge is 2.18. The van der Waals surface area contributed by atoms with Crippen molar-refractivity contribution in [3.8, 4) is 17.0 Å². The van der Waals surface area contributed by atoms with Crippen molar-refractivity contribution in [1.29, 1.82) is 0 Å². The lowest BCUT2D eigenvalue weighted by molar-refractivity contribution is 0.470. The van der Waals surface area contributed by atoms with Gasteiger partial charge in [-0.15, -0.1) is 0 Å². The molecule has 0 atom stereocenters. The molecule has 0 saturated carbocycles. The van der Waals surface area contributed by atoms with E-state index in [9.17, 15) is 9.90 Å². The highest BCUT2D eigenvalue weighted by atomic mass is 16.3. The third kappa shape index (κ3) is 3.66. The van der Waals surface area contributed by atoms with Crippen LogP contribution in [0.5, 0.6) is 5.75 Å². The number of hydrogen-bond donors (Lipinski definition) is 2. The summed E-state index contributed by atoms with van der Waals surface area (Å²) < 4.78 is 0. The van der Waals surface area contributed by atoms with Gasteiger partial charge in [0.05, 0.1) is 5.69 Å². The third-order valence-corrected chi connectivity index (χ3v) is 5.48. The summed E-state index contributed by atoms with van der Waals surface area (Å²) >= 11 is 0. The molecule has 5 heteroatoms. The van der Waals surface area contributed by atoms with Gasteiger partial charge < -0.3 is 10.0 Å². The van der Waals surface area contributed by atoms with Gasteiger partial charge in [-0.1, -0.05) is 60.7 Å². The largest absolute Gasteiger partial charge is 0.508 e. The number of nitrogens with zero attached hydrogens (tertiary/aromatic N) is 2. The Morgan fingerprint density at radius 1 is 0.900 bits per heavy atom. The molecule has 3 aromatic carbocycles. The number of aromatic amines is 1. The fourth-order valence-electron chi connectivity index (χ4n) is 3.84. The second-order valence-corrected chi connectivity index (χ2v) is 7.22. The normalized spacial score (nSPS) is 11.0. The Hall–Kier alpha value is -3.60. The van der Waals surface area contributed by atoms with Crippen molar-refractivity contribution in [3.63, 3.8) is 0 Å². The summed E-state index contributed by atoms with van der Waals surface area (Å²) in [6.45, 7) is 5.57. The number of rotatable bonds is 6. The van der Waals surface area contributed by atoms with Crippen molar-refractivity contribution >= 4 is 16.7 Å². The van der Waals surface area contributed by atoms with Crippen LogP contribution in [0.15, 0.2) is 71.5 Å². The molecule has 1 aromatic heterocycles. The van der Waals surface area contributed by atoms with Crippen molar-refractivity contribution in [1.82, 2.24) is 9.97 Å². The van der Waals surface area contributed by atoms with E-state index < -0.39 is 0 Å². The predicted octanol–water partition coefficient (Wildman–Crippen LogP) is 4.73. The van der Waals surface area contributed by atoms with Gasteiger partial charge in [0.2, 0.25) is 5.95 Å². The van der Waals surface area contributed by atoms with E-state index in [2.05, 4.69) is 4.98 Å². The van der Waals surface area contributed by atoms with E-state index in [0.29, 0.717) is 17.2 Å². The predicted molar refractivity (Wildman–Crippen MR) is 122 cm³/mol. The summed E-state index contributed by atoms with van der Waals surface area (Å²) in [6.07, 6.45) is 0.290. The molecule has 0 fully saturated rings. The highest BCUT2D eigenvalue weighted by Crippen LogP contribution is 2.31. The molecule has 0 aliphatic heterocycles. The van der Waals surface area contributed by atoms with E-state index in [1.807, 2.05) is 79.4 Å². The molecule has 0 amide bonds. The number of anilines is 1. The molecule has 4 rings (SSSR count). The van der Waals surface area contributed by atoms with Crippen molar-refractivity contribution in [3.05, 3.63) is 88.2 Å². The lowest BCUT2D eigenvalue weighted by Gasteiger charge is -2.21. The molecule has 4 aromatic rings. The Labute approximate surface area is 175 Å². The summed E-state index contributed by atoms with van der Waals surface area (Å²) in [5, 5.41) is 12.6. The van der Waals surface area contributed by atoms with Gasteiger partial charge in [0.25, 0.3) is 5.56 Å². The minimum atomic E-state index is -0.182. The van der Waals surface area contributed by atoms with Gasteiger partial charge in [0, 0.05) is 36.2 Å². The first kappa shape index (κ1) is 19.7. The van der Waals surface area contributed by atoms with Crippen LogP contribution in [0, 0.1) is 0 Å². The van der Waals surface area contributed by atoms with Crippen LogP contribution in [0.25, 0.3) is 22.0 Å². The Morgan fingerprint density at radius 3 is 2.33 bits per heavy atom. The van der Waals surface area contributed by atoms with E-state index >= 15 is 0 Å². The standard InChI is InChI=1S/C25H25N3O2/c1-3-28(4-2)25-26-23(18-11-6-5-7-12-18)21(24(30)27-25)16-20-19-13-9-8-10-17(19)14-15-22(20)29/h5-15,29H,3-4,16H2,1-2H3,(H,26,27,30). The Kier molecular flexibility index (Phi) is 5.53. The first-order chi connectivity index (χ1) is 14.6. The van der Waals surface area contributed by atoms with Crippen LogP contribution in [0.1, 0.15) is 25.0 Å². The fourth-order valence-corrected chi connectivity index (χ4v) is 3.84. The maximum absolute atomic E-state index is 13.2. The van der Waals surface area contributed by atoms with Crippen LogP contribution in [0.4, 0.5) is 5.95 Å². The monoisotopic (exact) mass is 399 g/mol. The van der Waals surface area contributed by atoms with Crippen LogP contribution in [-0.2, 0) is 6.42 Å². The molecule has 0 unspecified atom stereocenters. The number of aromatic hydroxyl groups is 1. The molecule has 0 bridgehead atoms. The van der Waals surface area contributed by atoms with Gasteiger partial charge in [-0.3, -0.25) is 9.78 Å². The van der Waals surface area contributed by atoms with Crippen LogP contribution < -0.4 is 10.5 Å². The maximum Gasteiger partial charge on any atom is 0.256 e. The summed E-state index contributed by atoms with van der Waals surface area (Å²) in [4.78, 5) is 23.0. The quantitative estimate of drug-likeness (QED) is 0.492. The Bertz CT molecular complexity index is 1230. The van der Waals surface area contributed by atoms with Crippen molar-refractivity contribution in [2.45, 2.75) is 20.3 Å².